The molecule has 2 aromatic heterocycles. The van der Waals surface area contributed by atoms with Gasteiger partial charge in [-0.25, -0.2) is 4.98 Å². The normalized spacial score (nSPS) is 10.6. The SMILES string of the molecule is CNc1nnc2c(N(C)c3ccccc3OC)nccn12. The van der Waals surface area contributed by atoms with Crippen molar-refractivity contribution in [2.75, 3.05) is 31.4 Å². The van der Waals surface area contributed by atoms with E-state index >= 15 is 0 Å². The summed E-state index contributed by atoms with van der Waals surface area (Å²) >= 11 is 0. The van der Waals surface area contributed by atoms with Gasteiger partial charge in [-0.1, -0.05) is 12.1 Å². The second kappa shape index (κ2) is 5.28. The van der Waals surface area contributed by atoms with Gasteiger partial charge in [-0.05, 0) is 12.1 Å². The van der Waals surface area contributed by atoms with E-state index < -0.39 is 0 Å². The largest absolute Gasteiger partial charge is 0.495 e. The van der Waals surface area contributed by atoms with Crippen molar-refractivity contribution in [2.45, 2.75) is 0 Å². The summed E-state index contributed by atoms with van der Waals surface area (Å²) < 4.78 is 7.26. The fraction of sp³-hybridized carbons (Fsp3) is 0.214. The molecule has 0 amide bonds. The highest BCUT2D eigenvalue weighted by Crippen LogP contribution is 2.32. The van der Waals surface area contributed by atoms with Crippen LogP contribution in [0.5, 0.6) is 5.75 Å². The van der Waals surface area contributed by atoms with Crippen LogP contribution in [0.1, 0.15) is 0 Å². The number of aromatic nitrogens is 4. The smallest absolute Gasteiger partial charge is 0.228 e. The van der Waals surface area contributed by atoms with E-state index in [-0.39, 0.29) is 0 Å². The maximum absolute atomic E-state index is 5.40. The number of fused-ring (bicyclic) bond motifs is 1. The zero-order chi connectivity index (χ0) is 14.8. The van der Waals surface area contributed by atoms with E-state index in [1.165, 1.54) is 0 Å². The minimum absolute atomic E-state index is 0.669. The third-order valence-electron chi connectivity index (χ3n) is 3.30. The van der Waals surface area contributed by atoms with Gasteiger partial charge in [0.05, 0.1) is 12.8 Å². The molecule has 2 heterocycles. The molecule has 0 radical (unpaired) electrons. The van der Waals surface area contributed by atoms with E-state index in [1.807, 2.05) is 46.8 Å². The summed E-state index contributed by atoms with van der Waals surface area (Å²) in [6, 6.07) is 7.77. The van der Waals surface area contributed by atoms with E-state index in [9.17, 15) is 0 Å². The van der Waals surface area contributed by atoms with Gasteiger partial charge in [-0.2, -0.15) is 0 Å². The molecule has 0 spiro atoms. The molecular formula is C14H16N6O. The van der Waals surface area contributed by atoms with Crippen LogP contribution < -0.4 is 15.0 Å². The first-order chi connectivity index (χ1) is 10.3. The zero-order valence-electron chi connectivity index (χ0n) is 12.1. The van der Waals surface area contributed by atoms with E-state index in [1.54, 1.807) is 20.4 Å². The molecule has 7 nitrogen and oxygen atoms in total. The fourth-order valence-corrected chi connectivity index (χ4v) is 2.24. The Hall–Kier alpha value is -2.83. The lowest BCUT2D eigenvalue weighted by molar-refractivity contribution is 0.415. The molecule has 0 unspecified atom stereocenters. The number of methoxy groups -OCH3 is 1. The molecule has 0 fully saturated rings. The lowest BCUT2D eigenvalue weighted by atomic mass is 10.2. The predicted octanol–water partition coefficient (Wildman–Crippen LogP) is 1.94. The van der Waals surface area contributed by atoms with Gasteiger partial charge < -0.3 is 15.0 Å². The van der Waals surface area contributed by atoms with Crippen LogP contribution in [0.2, 0.25) is 0 Å². The Morgan fingerprint density at radius 1 is 1.24 bits per heavy atom. The van der Waals surface area contributed by atoms with Crippen molar-refractivity contribution in [3.63, 3.8) is 0 Å². The number of para-hydroxylation sites is 2. The summed E-state index contributed by atoms with van der Waals surface area (Å²) in [7, 11) is 5.38. The predicted molar refractivity (Wildman–Crippen MR) is 81.4 cm³/mol. The van der Waals surface area contributed by atoms with Gasteiger partial charge in [0.15, 0.2) is 5.82 Å². The molecule has 7 heteroatoms. The van der Waals surface area contributed by atoms with Gasteiger partial charge in [0.2, 0.25) is 11.6 Å². The summed E-state index contributed by atoms with van der Waals surface area (Å²) in [5.41, 5.74) is 1.59. The average Bonchev–Trinajstić information content (AvgIpc) is 2.97. The van der Waals surface area contributed by atoms with E-state index in [4.69, 9.17) is 4.74 Å². The van der Waals surface area contributed by atoms with Crippen LogP contribution in [0.3, 0.4) is 0 Å². The Kier molecular flexibility index (Phi) is 3.31. The van der Waals surface area contributed by atoms with Crippen molar-refractivity contribution in [1.29, 1.82) is 0 Å². The highest BCUT2D eigenvalue weighted by Gasteiger charge is 2.16. The number of hydrogen-bond donors (Lipinski definition) is 1. The molecule has 0 aliphatic heterocycles. The molecule has 1 aromatic carbocycles. The number of ether oxygens (including phenoxy) is 1. The lowest BCUT2D eigenvalue weighted by Gasteiger charge is -2.20. The van der Waals surface area contributed by atoms with Crippen LogP contribution in [0.4, 0.5) is 17.5 Å². The van der Waals surface area contributed by atoms with Crippen molar-refractivity contribution < 1.29 is 4.74 Å². The highest BCUT2D eigenvalue weighted by atomic mass is 16.5. The van der Waals surface area contributed by atoms with Crippen molar-refractivity contribution in [1.82, 2.24) is 19.6 Å². The van der Waals surface area contributed by atoms with Gasteiger partial charge in [-0.3, -0.25) is 4.40 Å². The van der Waals surface area contributed by atoms with Crippen molar-refractivity contribution in [3.8, 4) is 5.75 Å². The number of nitrogens with zero attached hydrogens (tertiary/aromatic N) is 5. The van der Waals surface area contributed by atoms with Gasteiger partial charge in [-0.15, -0.1) is 10.2 Å². The second-order valence-corrected chi connectivity index (χ2v) is 4.45. The summed E-state index contributed by atoms with van der Waals surface area (Å²) in [6.45, 7) is 0. The zero-order valence-corrected chi connectivity index (χ0v) is 12.1. The van der Waals surface area contributed by atoms with Gasteiger partial charge >= 0.3 is 0 Å². The number of benzene rings is 1. The quantitative estimate of drug-likeness (QED) is 0.789. The summed E-state index contributed by atoms with van der Waals surface area (Å²) in [4.78, 5) is 6.36. The van der Waals surface area contributed by atoms with Gasteiger partial charge in [0, 0.05) is 26.5 Å². The van der Waals surface area contributed by atoms with Crippen LogP contribution in [0.25, 0.3) is 5.65 Å². The molecule has 0 saturated heterocycles. The number of nitrogens with one attached hydrogen (secondary N) is 1. The lowest BCUT2D eigenvalue weighted by Crippen LogP contribution is -2.14. The Balaban J connectivity index is 2.13. The van der Waals surface area contributed by atoms with Crippen LogP contribution in [-0.2, 0) is 0 Å². The molecule has 0 atom stereocenters. The molecule has 3 aromatic rings. The van der Waals surface area contributed by atoms with Crippen LogP contribution in [0.15, 0.2) is 36.7 Å². The minimum Gasteiger partial charge on any atom is -0.495 e. The van der Waals surface area contributed by atoms with Crippen LogP contribution in [-0.4, -0.2) is 40.8 Å². The monoisotopic (exact) mass is 284 g/mol. The van der Waals surface area contributed by atoms with Gasteiger partial charge in [0.25, 0.3) is 0 Å². The molecule has 3 rings (SSSR count). The molecule has 0 aliphatic rings. The van der Waals surface area contributed by atoms with Crippen LogP contribution >= 0.6 is 0 Å². The standard InChI is InChI=1S/C14H16N6O/c1-15-14-18-17-13-12(16-8-9-20(13)14)19(2)10-6-4-5-7-11(10)21-3/h4-9H,1-3H3,(H,15,18). The maximum atomic E-state index is 5.40. The van der Waals surface area contributed by atoms with Crippen molar-refractivity contribution in [3.05, 3.63) is 36.7 Å². The minimum atomic E-state index is 0.669. The first-order valence-electron chi connectivity index (χ1n) is 6.50. The topological polar surface area (TPSA) is 67.6 Å². The first-order valence-corrected chi connectivity index (χ1v) is 6.50. The molecule has 0 saturated carbocycles. The van der Waals surface area contributed by atoms with Crippen molar-refractivity contribution in [2.24, 2.45) is 0 Å². The third kappa shape index (κ3) is 2.12. The van der Waals surface area contributed by atoms with Crippen molar-refractivity contribution >= 4 is 23.1 Å². The van der Waals surface area contributed by atoms with E-state index in [0.29, 0.717) is 17.4 Å². The molecule has 0 bridgehead atoms. The fourth-order valence-electron chi connectivity index (χ4n) is 2.24. The first kappa shape index (κ1) is 13.2. The van der Waals surface area contributed by atoms with Crippen LogP contribution in [0, 0.1) is 0 Å². The highest BCUT2D eigenvalue weighted by molar-refractivity contribution is 5.75. The summed E-state index contributed by atoms with van der Waals surface area (Å²) in [5, 5.41) is 11.3. The Bertz CT molecular complexity index is 769. The number of rotatable bonds is 4. The van der Waals surface area contributed by atoms with E-state index in [0.717, 1.165) is 11.4 Å². The average molecular weight is 284 g/mol. The van der Waals surface area contributed by atoms with E-state index in [2.05, 4.69) is 20.5 Å². The Labute approximate surface area is 122 Å². The molecule has 21 heavy (non-hydrogen) atoms. The molecular weight excluding hydrogens is 268 g/mol. The molecule has 108 valence electrons. The van der Waals surface area contributed by atoms with Gasteiger partial charge in [0.1, 0.15) is 5.75 Å². The molecule has 0 aliphatic carbocycles. The maximum Gasteiger partial charge on any atom is 0.228 e. The second-order valence-electron chi connectivity index (χ2n) is 4.45. The summed E-state index contributed by atoms with van der Waals surface area (Å²) in [5.74, 6) is 2.15. The Morgan fingerprint density at radius 3 is 2.81 bits per heavy atom. The third-order valence-corrected chi connectivity index (χ3v) is 3.30. The summed E-state index contributed by atoms with van der Waals surface area (Å²) in [6.07, 6.45) is 3.54. The number of hydrogen-bond acceptors (Lipinski definition) is 6. The number of anilines is 3. The molecule has 1 N–H and O–H groups in total. The Morgan fingerprint density at radius 2 is 2.05 bits per heavy atom.